The molecule has 4 N–H and O–H groups in total. The second kappa shape index (κ2) is 14.5. The van der Waals surface area contributed by atoms with Gasteiger partial charge in [-0.25, -0.2) is 0 Å². The van der Waals surface area contributed by atoms with E-state index >= 15 is 0 Å². The standard InChI is InChI=1S/4H2NO2S.2Ti/c4*1-4(2)3;;/h4*4H,(H-,1,2,3);;/q4*-1;2*+2. The minimum absolute atomic E-state index is 1.27. The fourth-order valence-electron chi connectivity index (χ4n) is 0.233. The summed E-state index contributed by atoms with van der Waals surface area (Å²) in [7, 11) is -10.6. The van der Waals surface area contributed by atoms with Gasteiger partial charge in [0, 0.05) is 0 Å². The molecule has 0 bridgehead atoms. The molecule has 0 radical (unpaired) electrons. The van der Waals surface area contributed by atoms with Crippen molar-refractivity contribution in [3.8, 4) is 0 Å². The van der Waals surface area contributed by atoms with Crippen LogP contribution in [-0.2, 0) is 82.9 Å². The maximum absolute atomic E-state index is 9.70. The van der Waals surface area contributed by atoms with E-state index in [1.807, 2.05) is 12.8 Å². The number of hydrogen-bond donors (Lipinski definition) is 8. The van der Waals surface area contributed by atoms with E-state index in [4.69, 9.17) is 0 Å². The van der Waals surface area contributed by atoms with Crippen LogP contribution in [-0.4, -0.2) is 33.7 Å². The summed E-state index contributed by atoms with van der Waals surface area (Å²) < 4.78 is 85.5. The van der Waals surface area contributed by atoms with E-state index in [9.17, 15) is 33.7 Å². The van der Waals surface area contributed by atoms with Crippen molar-refractivity contribution in [2.24, 2.45) is 0 Å². The van der Waals surface area contributed by atoms with E-state index in [-0.39, 0.29) is 0 Å². The van der Waals surface area contributed by atoms with Gasteiger partial charge in [0.15, 0.2) is 0 Å². The summed E-state index contributed by atoms with van der Waals surface area (Å²) in [6.45, 7) is 0. The van der Waals surface area contributed by atoms with E-state index < -0.39 is 82.9 Å². The average molecular weight is 416 g/mol. The van der Waals surface area contributed by atoms with Crippen molar-refractivity contribution in [2.75, 3.05) is 0 Å². The summed E-state index contributed by atoms with van der Waals surface area (Å²) in [5.41, 5.74) is 0. The van der Waals surface area contributed by atoms with E-state index in [2.05, 4.69) is 0 Å². The fraction of sp³-hybridized carbons (Fsp3) is 0. The van der Waals surface area contributed by atoms with Crippen molar-refractivity contribution in [1.29, 1.82) is 0 Å². The van der Waals surface area contributed by atoms with Crippen LogP contribution in [0.5, 0.6) is 0 Å². The van der Waals surface area contributed by atoms with Gasteiger partial charge in [-0.1, -0.05) is 0 Å². The first-order valence-corrected chi connectivity index (χ1v) is 11.2. The summed E-state index contributed by atoms with van der Waals surface area (Å²) in [4.78, 5) is 0. The predicted molar refractivity (Wildman–Crippen MR) is 53.8 cm³/mol. The Morgan fingerprint density at radius 1 is 0.444 bits per heavy atom. The molecular formula is H8N4O8S4Ti2. The first-order chi connectivity index (χ1) is 8.25. The Kier molecular flexibility index (Phi) is 17.2. The molecule has 0 rings (SSSR count). The van der Waals surface area contributed by atoms with Crippen LogP contribution in [0, 0.1) is 0 Å². The normalized spacial score (nSPS) is 10.4. The molecule has 12 nitrogen and oxygen atoms in total. The van der Waals surface area contributed by atoms with Gasteiger partial charge < -0.3 is 0 Å². The number of rotatable bonds is 8. The molecule has 0 aromatic carbocycles. The molecule has 18 heavy (non-hydrogen) atoms. The molecular weight excluding hydrogens is 408 g/mol. The van der Waals surface area contributed by atoms with Crippen molar-refractivity contribution >= 4 is 43.6 Å². The van der Waals surface area contributed by atoms with Crippen molar-refractivity contribution in [3.63, 3.8) is 0 Å². The van der Waals surface area contributed by atoms with Gasteiger partial charge in [-0.3, -0.25) is 0 Å². The Bertz CT molecular complexity index is 379. The summed E-state index contributed by atoms with van der Waals surface area (Å²) in [5, 5.41) is 0. The molecule has 0 saturated heterocycles. The Balaban J connectivity index is 0. The third-order valence-electron chi connectivity index (χ3n) is 0.589. The third kappa shape index (κ3) is 25.8. The summed E-state index contributed by atoms with van der Waals surface area (Å²) in [6, 6.07) is 0. The van der Waals surface area contributed by atoms with Crippen molar-refractivity contribution in [3.05, 3.63) is 0 Å². The van der Waals surface area contributed by atoms with Crippen LogP contribution in [0.4, 0.5) is 0 Å². The fourth-order valence-corrected chi connectivity index (χ4v) is 4.11. The van der Waals surface area contributed by atoms with Crippen LogP contribution in [0.2, 0.25) is 0 Å². The summed E-state index contributed by atoms with van der Waals surface area (Å²) in [6.07, 6.45) is 0. The molecule has 0 heterocycles. The molecule has 0 unspecified atom stereocenters. The molecule has 0 aliphatic rings. The molecule has 108 valence electrons. The topological polar surface area (TPSA) is 185 Å². The summed E-state index contributed by atoms with van der Waals surface area (Å²) in [5.74, 6) is 0. The second-order valence-electron chi connectivity index (χ2n) is 1.73. The van der Waals surface area contributed by atoms with Crippen molar-refractivity contribution in [1.82, 2.24) is 12.8 Å². The molecule has 18 heteroatoms. The maximum atomic E-state index is 9.70. The molecule has 0 aromatic heterocycles. The molecule has 0 aliphatic carbocycles. The quantitative estimate of drug-likeness (QED) is 0.142. The molecule has 0 spiro atoms. The minimum atomic E-state index is -2.66. The van der Waals surface area contributed by atoms with Gasteiger partial charge in [0.2, 0.25) is 0 Å². The number of nitrogens with one attached hydrogen (secondary N) is 4. The molecule has 0 fully saturated rings. The molecule has 0 aliphatic heterocycles. The van der Waals surface area contributed by atoms with Gasteiger partial charge in [-0.05, 0) is 0 Å². The van der Waals surface area contributed by atoms with Crippen LogP contribution < -0.4 is 12.8 Å². The van der Waals surface area contributed by atoms with Gasteiger partial charge in [0.25, 0.3) is 0 Å². The zero-order valence-electron chi connectivity index (χ0n) is 8.05. The Morgan fingerprint density at radius 2 is 0.611 bits per heavy atom. The van der Waals surface area contributed by atoms with Crippen molar-refractivity contribution < 1.29 is 73.0 Å². The molecule has 0 saturated carbocycles. The van der Waals surface area contributed by atoms with E-state index in [0.29, 0.717) is 0 Å². The number of thiol groups is 4. The molecule has 0 atom stereocenters. The van der Waals surface area contributed by atoms with Crippen LogP contribution >= 0.6 is 0 Å². The van der Waals surface area contributed by atoms with Crippen molar-refractivity contribution in [2.45, 2.75) is 0 Å². The zero-order chi connectivity index (χ0) is 14.6. The Morgan fingerprint density at radius 3 is 0.722 bits per heavy atom. The Labute approximate surface area is 128 Å². The van der Waals surface area contributed by atoms with Crippen LogP contribution in [0.25, 0.3) is 0 Å². The van der Waals surface area contributed by atoms with E-state index in [0.717, 1.165) is 0 Å². The van der Waals surface area contributed by atoms with E-state index in [1.165, 1.54) is 0 Å². The SMILES string of the molecule is O=[SH](=O)[NH][Ti][NH][SH](=O)=O.O=[SH](=O)[NH][Ti][NH][SH](=O)=O. The van der Waals surface area contributed by atoms with Gasteiger partial charge >= 0.3 is 129 Å². The zero-order valence-corrected chi connectivity index (χ0v) is 14.8. The van der Waals surface area contributed by atoms with E-state index in [1.54, 1.807) is 0 Å². The van der Waals surface area contributed by atoms with Crippen LogP contribution in [0.3, 0.4) is 0 Å². The third-order valence-corrected chi connectivity index (χ3v) is 7.28. The molecule has 0 amide bonds. The second-order valence-corrected chi connectivity index (χ2v) is 9.65. The number of hydrogen-bond acceptors (Lipinski definition) is 8. The van der Waals surface area contributed by atoms with Gasteiger partial charge in [0.1, 0.15) is 0 Å². The Hall–Kier alpha value is 1.07. The van der Waals surface area contributed by atoms with Gasteiger partial charge in [-0.15, -0.1) is 0 Å². The summed E-state index contributed by atoms with van der Waals surface area (Å²) >= 11 is -2.53. The monoisotopic (exact) mass is 416 g/mol. The van der Waals surface area contributed by atoms with Crippen LogP contribution in [0.1, 0.15) is 0 Å². The predicted octanol–water partition coefficient (Wildman–Crippen LogP) is -5.74. The first-order valence-electron chi connectivity index (χ1n) is 3.36. The average Bonchev–Trinajstić information content (AvgIpc) is 2.15. The van der Waals surface area contributed by atoms with Gasteiger partial charge in [0.05, 0.1) is 0 Å². The molecule has 0 aromatic rings. The van der Waals surface area contributed by atoms with Crippen LogP contribution in [0.15, 0.2) is 0 Å². The first kappa shape index (κ1) is 21.4. The van der Waals surface area contributed by atoms with Gasteiger partial charge in [-0.2, -0.15) is 0 Å².